The Balaban J connectivity index is 1.75. The summed E-state index contributed by atoms with van der Waals surface area (Å²) in [4.78, 5) is 16.3. The van der Waals surface area contributed by atoms with Gasteiger partial charge in [-0.3, -0.25) is 4.79 Å². The largest absolute Gasteiger partial charge is 0.573 e. The molecule has 0 bridgehead atoms. The van der Waals surface area contributed by atoms with Gasteiger partial charge in [0.2, 0.25) is 0 Å². The fourth-order valence-corrected chi connectivity index (χ4v) is 5.65. The van der Waals surface area contributed by atoms with Crippen molar-refractivity contribution in [3.8, 4) is 22.9 Å². The fraction of sp³-hybridized carbons (Fsp3) is 0.185. The molecule has 7 nitrogen and oxygen atoms in total. The number of alkyl halides is 3. The number of pyridine rings is 1. The number of ether oxygens (including phenoxy) is 1. The van der Waals surface area contributed by atoms with Crippen LogP contribution >= 0.6 is 0 Å². The number of benzene rings is 3. The SMILES string of the molecule is N#Cc1ccc2c(c1)[nH]c1c2c(=O)c2cc(OC(F)(F)F)c(-c3cccc(S(=O)(=O)F)c3)cc2n1C1CCC1. The maximum atomic E-state index is 13.8. The first kappa shape index (κ1) is 24.9. The highest BCUT2D eigenvalue weighted by Gasteiger charge is 2.34. The second kappa shape index (κ2) is 8.57. The van der Waals surface area contributed by atoms with Gasteiger partial charge < -0.3 is 14.3 Å². The molecule has 0 amide bonds. The van der Waals surface area contributed by atoms with Crippen molar-refractivity contribution in [3.05, 3.63) is 70.4 Å². The molecule has 2 aromatic heterocycles. The van der Waals surface area contributed by atoms with E-state index in [0.29, 0.717) is 27.6 Å². The molecule has 0 radical (unpaired) electrons. The molecule has 0 unspecified atom stereocenters. The average Bonchev–Trinajstić information content (AvgIpc) is 3.22. The van der Waals surface area contributed by atoms with Crippen molar-refractivity contribution in [2.75, 3.05) is 0 Å². The fourth-order valence-electron chi connectivity index (χ4n) is 5.14. The lowest BCUT2D eigenvalue weighted by Crippen LogP contribution is -2.22. The van der Waals surface area contributed by atoms with E-state index in [0.717, 1.165) is 37.5 Å². The number of nitriles is 1. The zero-order chi connectivity index (χ0) is 27.7. The highest BCUT2D eigenvalue weighted by molar-refractivity contribution is 7.86. The van der Waals surface area contributed by atoms with E-state index in [9.17, 15) is 35.5 Å². The summed E-state index contributed by atoms with van der Waals surface area (Å²) in [6, 6.07) is 13.5. The number of hydrogen-bond acceptors (Lipinski definition) is 5. The molecule has 3 aromatic carbocycles. The lowest BCUT2D eigenvalue weighted by molar-refractivity contribution is -0.274. The number of rotatable bonds is 4. The molecule has 5 aromatic rings. The molecule has 0 atom stereocenters. The number of halogens is 4. The zero-order valence-corrected chi connectivity index (χ0v) is 20.7. The second-order valence-corrected chi connectivity index (χ2v) is 10.7. The molecule has 0 aliphatic heterocycles. The number of nitrogens with zero attached hydrogens (tertiary/aromatic N) is 2. The summed E-state index contributed by atoms with van der Waals surface area (Å²) in [6.07, 6.45) is -2.69. The summed E-state index contributed by atoms with van der Waals surface area (Å²) >= 11 is 0. The first-order chi connectivity index (χ1) is 18.4. The molecular weight excluding hydrogens is 538 g/mol. The van der Waals surface area contributed by atoms with Crippen LogP contribution in [0.3, 0.4) is 0 Å². The van der Waals surface area contributed by atoms with Gasteiger partial charge in [0, 0.05) is 22.5 Å². The van der Waals surface area contributed by atoms with Gasteiger partial charge in [0.05, 0.1) is 32.8 Å². The van der Waals surface area contributed by atoms with E-state index in [1.807, 2.05) is 10.6 Å². The van der Waals surface area contributed by atoms with Gasteiger partial charge in [-0.05, 0) is 61.2 Å². The average molecular weight is 556 g/mol. The molecule has 2 heterocycles. The van der Waals surface area contributed by atoms with Crippen LogP contribution in [0.4, 0.5) is 17.1 Å². The normalized spacial score (nSPS) is 14.5. The van der Waals surface area contributed by atoms with Crippen LogP contribution in [0.5, 0.6) is 5.75 Å². The Morgan fingerprint density at radius 3 is 2.46 bits per heavy atom. The van der Waals surface area contributed by atoms with Crippen molar-refractivity contribution < 1.29 is 30.2 Å². The molecule has 1 saturated carbocycles. The first-order valence-electron chi connectivity index (χ1n) is 11.8. The van der Waals surface area contributed by atoms with E-state index < -0.39 is 32.7 Å². The third-order valence-corrected chi connectivity index (χ3v) is 7.89. The van der Waals surface area contributed by atoms with Gasteiger partial charge in [-0.1, -0.05) is 18.2 Å². The van der Waals surface area contributed by atoms with Crippen LogP contribution in [0.2, 0.25) is 0 Å². The van der Waals surface area contributed by atoms with Crippen LogP contribution in [0.25, 0.3) is 44.0 Å². The second-order valence-electron chi connectivity index (χ2n) is 9.38. The van der Waals surface area contributed by atoms with Crippen LogP contribution < -0.4 is 10.2 Å². The van der Waals surface area contributed by atoms with Gasteiger partial charge in [-0.15, -0.1) is 17.1 Å². The lowest BCUT2D eigenvalue weighted by atomic mass is 9.91. The Hall–Kier alpha value is -4.37. The molecule has 1 fully saturated rings. The number of hydrogen-bond donors (Lipinski definition) is 1. The van der Waals surface area contributed by atoms with Crippen LogP contribution in [-0.4, -0.2) is 24.3 Å². The van der Waals surface area contributed by atoms with E-state index in [4.69, 9.17) is 0 Å². The predicted molar refractivity (Wildman–Crippen MR) is 136 cm³/mol. The minimum atomic E-state index is -5.14. The third kappa shape index (κ3) is 4.19. The van der Waals surface area contributed by atoms with E-state index in [2.05, 4.69) is 9.72 Å². The van der Waals surface area contributed by atoms with Gasteiger partial charge in [-0.2, -0.15) is 13.7 Å². The molecular formula is C27H17F4N3O4S. The van der Waals surface area contributed by atoms with E-state index in [1.165, 1.54) is 18.2 Å². The van der Waals surface area contributed by atoms with Crippen LogP contribution in [0.15, 0.2) is 64.3 Å². The maximum Gasteiger partial charge on any atom is 0.573 e. The van der Waals surface area contributed by atoms with Crippen LogP contribution in [-0.2, 0) is 10.2 Å². The summed E-state index contributed by atoms with van der Waals surface area (Å²) in [5.41, 5.74) is 0.910. The topological polar surface area (TPSA) is 105 Å². The molecule has 1 aliphatic rings. The minimum absolute atomic E-state index is 0.0306. The number of nitrogens with one attached hydrogen (secondary N) is 1. The summed E-state index contributed by atoms with van der Waals surface area (Å²) in [5.74, 6) is -0.730. The Kier molecular flexibility index (Phi) is 5.48. The Bertz CT molecular complexity index is 2030. The summed E-state index contributed by atoms with van der Waals surface area (Å²) in [6.45, 7) is 0. The van der Waals surface area contributed by atoms with Crippen LogP contribution in [0.1, 0.15) is 30.9 Å². The van der Waals surface area contributed by atoms with E-state index in [1.54, 1.807) is 18.2 Å². The summed E-state index contributed by atoms with van der Waals surface area (Å²) < 4.78 is 83.3. The molecule has 6 rings (SSSR count). The first-order valence-corrected chi connectivity index (χ1v) is 13.2. The van der Waals surface area contributed by atoms with Crippen molar-refractivity contribution in [1.29, 1.82) is 5.26 Å². The molecule has 198 valence electrons. The van der Waals surface area contributed by atoms with Crippen molar-refractivity contribution in [2.45, 2.75) is 36.6 Å². The van der Waals surface area contributed by atoms with Gasteiger partial charge in [-0.25, -0.2) is 0 Å². The standard InChI is InChI=1S/C27H17F4N3O4S/c28-27(29,30)38-23-12-20-22(11-19(23)15-3-1-6-17(10-15)39(31,36)37)34(16-4-2-5-16)26-24(25(20)35)18-8-7-14(13-32)9-21(18)33-26/h1,3,6-12,16,33H,2,4-5H2. The quantitative estimate of drug-likeness (QED) is 0.203. The van der Waals surface area contributed by atoms with Crippen molar-refractivity contribution >= 4 is 43.1 Å². The number of fused-ring (bicyclic) bond motifs is 4. The van der Waals surface area contributed by atoms with Gasteiger partial charge in [0.15, 0.2) is 5.43 Å². The Morgan fingerprint density at radius 1 is 1.05 bits per heavy atom. The van der Waals surface area contributed by atoms with Crippen molar-refractivity contribution in [1.82, 2.24) is 9.55 Å². The number of aromatic amines is 1. The molecule has 0 spiro atoms. The zero-order valence-electron chi connectivity index (χ0n) is 19.8. The molecule has 1 N–H and O–H groups in total. The van der Waals surface area contributed by atoms with Crippen molar-refractivity contribution in [2.24, 2.45) is 0 Å². The highest BCUT2D eigenvalue weighted by Crippen LogP contribution is 2.42. The van der Waals surface area contributed by atoms with Gasteiger partial charge in [0.25, 0.3) is 0 Å². The number of aromatic nitrogens is 2. The van der Waals surface area contributed by atoms with Crippen LogP contribution in [0, 0.1) is 11.3 Å². The Morgan fingerprint density at radius 2 is 1.82 bits per heavy atom. The summed E-state index contributed by atoms with van der Waals surface area (Å²) in [7, 11) is -5.14. The van der Waals surface area contributed by atoms with Gasteiger partial charge in [0.1, 0.15) is 11.4 Å². The minimum Gasteiger partial charge on any atom is -0.405 e. The molecule has 0 saturated heterocycles. The van der Waals surface area contributed by atoms with Crippen molar-refractivity contribution in [3.63, 3.8) is 0 Å². The van der Waals surface area contributed by atoms with E-state index in [-0.39, 0.29) is 27.9 Å². The monoisotopic (exact) mass is 555 g/mol. The lowest BCUT2D eigenvalue weighted by Gasteiger charge is -2.31. The number of H-pyrrole nitrogens is 1. The highest BCUT2D eigenvalue weighted by atomic mass is 32.3. The predicted octanol–water partition coefficient (Wildman–Crippen LogP) is 6.46. The third-order valence-electron chi connectivity index (χ3n) is 7.07. The summed E-state index contributed by atoms with van der Waals surface area (Å²) in [5, 5.41) is 10.1. The molecule has 1 aliphatic carbocycles. The van der Waals surface area contributed by atoms with Gasteiger partial charge >= 0.3 is 16.6 Å². The molecule has 39 heavy (non-hydrogen) atoms. The van der Waals surface area contributed by atoms with E-state index >= 15 is 0 Å². The molecule has 12 heteroatoms. The maximum absolute atomic E-state index is 13.8. The Labute approximate surface area is 218 Å². The smallest absolute Gasteiger partial charge is 0.405 e.